The van der Waals surface area contributed by atoms with Crippen LogP contribution in [0.1, 0.15) is 28.2 Å². The Kier molecular flexibility index (Phi) is 2.34. The Bertz CT molecular complexity index is 366. The van der Waals surface area contributed by atoms with Crippen molar-refractivity contribution in [3.63, 3.8) is 0 Å². The van der Waals surface area contributed by atoms with Crippen LogP contribution < -0.4 is 5.32 Å². The molecule has 0 saturated carbocycles. The average Bonchev–Trinajstić information content (AvgIpc) is 2.62. The van der Waals surface area contributed by atoms with Crippen molar-refractivity contribution in [1.29, 1.82) is 0 Å². The minimum absolute atomic E-state index is 0.0591. The fraction of sp³-hybridized carbons (Fsp3) is 0.667. The topological polar surface area (TPSA) is 21.3 Å². The SMILES string of the molecule is Cc1cc2c(s1)CCOC21CCNCC1. The highest BCUT2D eigenvalue weighted by molar-refractivity contribution is 7.12. The van der Waals surface area contributed by atoms with Gasteiger partial charge in [-0.3, -0.25) is 0 Å². The number of hydrogen-bond acceptors (Lipinski definition) is 3. The van der Waals surface area contributed by atoms with E-state index < -0.39 is 0 Å². The van der Waals surface area contributed by atoms with Gasteiger partial charge in [0.05, 0.1) is 12.2 Å². The van der Waals surface area contributed by atoms with Gasteiger partial charge in [0, 0.05) is 16.2 Å². The number of thiophene rings is 1. The summed E-state index contributed by atoms with van der Waals surface area (Å²) >= 11 is 1.96. The lowest BCUT2D eigenvalue weighted by atomic mass is 9.83. The van der Waals surface area contributed by atoms with Crippen LogP contribution in [0.5, 0.6) is 0 Å². The first-order valence-corrected chi connectivity index (χ1v) is 6.56. The predicted octanol–water partition coefficient (Wildman–Crippen LogP) is 2.21. The first kappa shape index (κ1) is 9.82. The molecule has 1 N–H and O–H groups in total. The molecular weight excluding hydrogens is 206 g/mol. The van der Waals surface area contributed by atoms with Gasteiger partial charge in [-0.2, -0.15) is 0 Å². The lowest BCUT2D eigenvalue weighted by Crippen LogP contribution is -2.44. The Morgan fingerprint density at radius 1 is 1.40 bits per heavy atom. The minimum atomic E-state index is 0.0591. The van der Waals surface area contributed by atoms with Gasteiger partial charge in [-0.25, -0.2) is 0 Å². The summed E-state index contributed by atoms with van der Waals surface area (Å²) in [5.41, 5.74) is 1.56. The van der Waals surface area contributed by atoms with Crippen LogP contribution in [-0.4, -0.2) is 19.7 Å². The normalized spacial score (nSPS) is 24.1. The second-order valence-corrected chi connectivity index (χ2v) is 5.88. The van der Waals surface area contributed by atoms with Gasteiger partial charge >= 0.3 is 0 Å². The Balaban J connectivity index is 2.03. The third-order valence-electron chi connectivity index (χ3n) is 3.54. The second kappa shape index (κ2) is 3.58. The van der Waals surface area contributed by atoms with Gasteiger partial charge in [0.1, 0.15) is 0 Å². The molecule has 3 heteroatoms. The number of nitrogens with one attached hydrogen (secondary N) is 1. The van der Waals surface area contributed by atoms with Crippen LogP contribution in [0.3, 0.4) is 0 Å². The molecule has 2 aliphatic heterocycles. The molecule has 1 spiro atoms. The molecule has 0 aromatic carbocycles. The fourth-order valence-corrected chi connectivity index (χ4v) is 3.90. The van der Waals surface area contributed by atoms with Crippen molar-refractivity contribution in [2.75, 3.05) is 19.7 Å². The Labute approximate surface area is 94.6 Å². The molecule has 0 unspecified atom stereocenters. The molecule has 1 aromatic rings. The maximum atomic E-state index is 6.11. The summed E-state index contributed by atoms with van der Waals surface area (Å²) in [7, 11) is 0. The van der Waals surface area contributed by atoms with E-state index in [1.807, 2.05) is 11.3 Å². The third kappa shape index (κ3) is 1.53. The maximum Gasteiger partial charge on any atom is 0.0966 e. The molecule has 1 saturated heterocycles. The summed E-state index contributed by atoms with van der Waals surface area (Å²) in [5.74, 6) is 0. The molecule has 2 nitrogen and oxygen atoms in total. The molecule has 82 valence electrons. The van der Waals surface area contributed by atoms with Gasteiger partial charge in [-0.1, -0.05) is 0 Å². The number of ether oxygens (including phenoxy) is 1. The Hall–Kier alpha value is -0.380. The Morgan fingerprint density at radius 2 is 2.20 bits per heavy atom. The zero-order valence-electron chi connectivity index (χ0n) is 9.14. The van der Waals surface area contributed by atoms with Crippen LogP contribution in [0, 0.1) is 6.92 Å². The van der Waals surface area contributed by atoms with Crippen LogP contribution in [0.15, 0.2) is 6.07 Å². The standard InChI is InChI=1S/C12H17NOS/c1-9-8-10-11(15-9)2-7-14-12(10)3-5-13-6-4-12/h8,13H,2-7H2,1H3. The first-order chi connectivity index (χ1) is 7.30. The molecule has 1 fully saturated rings. The lowest BCUT2D eigenvalue weighted by Gasteiger charge is -2.40. The number of piperidine rings is 1. The zero-order valence-corrected chi connectivity index (χ0v) is 9.95. The van der Waals surface area contributed by atoms with Crippen molar-refractivity contribution < 1.29 is 4.74 Å². The molecular formula is C12H17NOS. The average molecular weight is 223 g/mol. The maximum absolute atomic E-state index is 6.11. The first-order valence-electron chi connectivity index (χ1n) is 5.75. The largest absolute Gasteiger partial charge is 0.370 e. The van der Waals surface area contributed by atoms with Crippen molar-refractivity contribution in [3.8, 4) is 0 Å². The third-order valence-corrected chi connectivity index (χ3v) is 4.65. The summed E-state index contributed by atoms with van der Waals surface area (Å²) < 4.78 is 6.11. The number of aryl methyl sites for hydroxylation is 1. The number of rotatable bonds is 0. The minimum Gasteiger partial charge on any atom is -0.370 e. The van der Waals surface area contributed by atoms with Crippen LogP contribution in [0.25, 0.3) is 0 Å². The zero-order chi connectivity index (χ0) is 10.3. The van der Waals surface area contributed by atoms with Crippen molar-refractivity contribution >= 4 is 11.3 Å². The summed E-state index contributed by atoms with van der Waals surface area (Å²) in [5, 5.41) is 3.42. The predicted molar refractivity (Wildman–Crippen MR) is 62.5 cm³/mol. The van der Waals surface area contributed by atoms with E-state index in [4.69, 9.17) is 4.74 Å². The van der Waals surface area contributed by atoms with Crippen molar-refractivity contribution in [1.82, 2.24) is 5.32 Å². The van der Waals surface area contributed by atoms with E-state index in [1.165, 1.54) is 10.4 Å². The van der Waals surface area contributed by atoms with Crippen molar-refractivity contribution in [3.05, 3.63) is 21.4 Å². The molecule has 1 aromatic heterocycles. The van der Waals surface area contributed by atoms with Gasteiger partial charge in [0.2, 0.25) is 0 Å². The van der Waals surface area contributed by atoms with E-state index >= 15 is 0 Å². The molecule has 15 heavy (non-hydrogen) atoms. The van der Waals surface area contributed by atoms with Gasteiger partial charge in [-0.15, -0.1) is 11.3 Å². The van der Waals surface area contributed by atoms with Crippen molar-refractivity contribution in [2.45, 2.75) is 31.8 Å². The summed E-state index contributed by atoms with van der Waals surface area (Å²) in [6.45, 7) is 5.30. The highest BCUT2D eigenvalue weighted by Crippen LogP contribution is 2.43. The summed E-state index contributed by atoms with van der Waals surface area (Å²) in [6, 6.07) is 2.35. The van der Waals surface area contributed by atoms with E-state index in [9.17, 15) is 0 Å². The Morgan fingerprint density at radius 3 is 3.00 bits per heavy atom. The van der Waals surface area contributed by atoms with Crippen LogP contribution in [0.4, 0.5) is 0 Å². The molecule has 0 radical (unpaired) electrons. The van der Waals surface area contributed by atoms with Crippen LogP contribution in [-0.2, 0) is 16.8 Å². The quantitative estimate of drug-likeness (QED) is 0.728. The van der Waals surface area contributed by atoms with E-state index in [2.05, 4.69) is 18.3 Å². The molecule has 0 bridgehead atoms. The van der Waals surface area contributed by atoms with Gasteiger partial charge in [0.25, 0.3) is 0 Å². The van der Waals surface area contributed by atoms with Crippen LogP contribution >= 0.6 is 11.3 Å². The van der Waals surface area contributed by atoms with E-state index in [0.717, 1.165) is 39.0 Å². The number of hydrogen-bond donors (Lipinski definition) is 1. The monoisotopic (exact) mass is 223 g/mol. The number of fused-ring (bicyclic) bond motifs is 2. The molecule has 0 aliphatic carbocycles. The second-order valence-electron chi connectivity index (χ2n) is 4.54. The van der Waals surface area contributed by atoms with Gasteiger partial charge in [0.15, 0.2) is 0 Å². The molecule has 2 aliphatic rings. The molecule has 0 atom stereocenters. The highest BCUT2D eigenvalue weighted by atomic mass is 32.1. The molecule has 3 rings (SSSR count). The summed E-state index contributed by atoms with van der Waals surface area (Å²) in [4.78, 5) is 3.00. The van der Waals surface area contributed by atoms with Gasteiger partial charge in [-0.05, 0) is 44.5 Å². The van der Waals surface area contributed by atoms with E-state index in [0.29, 0.717) is 0 Å². The highest BCUT2D eigenvalue weighted by Gasteiger charge is 2.39. The van der Waals surface area contributed by atoms with E-state index in [1.54, 1.807) is 4.88 Å². The van der Waals surface area contributed by atoms with E-state index in [-0.39, 0.29) is 5.60 Å². The molecule has 0 amide bonds. The smallest absolute Gasteiger partial charge is 0.0966 e. The summed E-state index contributed by atoms with van der Waals surface area (Å²) in [6.07, 6.45) is 3.38. The lowest BCUT2D eigenvalue weighted by molar-refractivity contribution is -0.0792. The van der Waals surface area contributed by atoms with Crippen molar-refractivity contribution in [2.24, 2.45) is 0 Å². The van der Waals surface area contributed by atoms with Gasteiger partial charge < -0.3 is 10.1 Å². The molecule has 3 heterocycles. The van der Waals surface area contributed by atoms with Crippen LogP contribution in [0.2, 0.25) is 0 Å². The fourth-order valence-electron chi connectivity index (χ4n) is 2.79.